The maximum atomic E-state index is 11.2. The monoisotopic (exact) mass is 313 g/mol. The van der Waals surface area contributed by atoms with E-state index >= 15 is 0 Å². The molecule has 5 nitrogen and oxygen atoms in total. The van der Waals surface area contributed by atoms with Crippen molar-refractivity contribution in [1.82, 2.24) is 4.98 Å². The number of pyridine rings is 1. The summed E-state index contributed by atoms with van der Waals surface area (Å²) in [5.74, 6) is 0. The maximum absolute atomic E-state index is 11.2. The van der Waals surface area contributed by atoms with Gasteiger partial charge in [-0.3, -0.25) is 15.1 Å². The molecule has 0 aliphatic carbocycles. The summed E-state index contributed by atoms with van der Waals surface area (Å²) in [7, 11) is 0. The Hall–Kier alpha value is -2.47. The summed E-state index contributed by atoms with van der Waals surface area (Å²) in [4.78, 5) is 18.4. The van der Waals surface area contributed by atoms with E-state index < -0.39 is 0 Å². The van der Waals surface area contributed by atoms with Crippen LogP contribution >= 0.6 is 11.3 Å². The average Bonchev–Trinajstić information content (AvgIpc) is 3.04. The van der Waals surface area contributed by atoms with Crippen LogP contribution in [-0.4, -0.2) is 16.5 Å². The molecular weight excluding hydrogens is 298 g/mol. The number of nitro benzene ring substituents is 1. The molecule has 6 heteroatoms. The Balaban J connectivity index is 2.10. The van der Waals surface area contributed by atoms with E-state index in [-0.39, 0.29) is 10.6 Å². The van der Waals surface area contributed by atoms with Gasteiger partial charge in [-0.2, -0.15) is 0 Å². The molecule has 3 rings (SSSR count). The van der Waals surface area contributed by atoms with Crippen molar-refractivity contribution in [3.63, 3.8) is 0 Å². The van der Waals surface area contributed by atoms with E-state index in [9.17, 15) is 10.1 Å². The molecule has 0 aliphatic rings. The molecule has 0 saturated heterocycles. The van der Waals surface area contributed by atoms with Crippen LogP contribution in [0.3, 0.4) is 0 Å². The zero-order chi connectivity index (χ0) is 15.5. The normalized spacial score (nSPS) is 10.8. The minimum atomic E-state index is -0.358. The summed E-state index contributed by atoms with van der Waals surface area (Å²) in [6, 6.07) is 9.37. The molecule has 3 aromatic rings. The molecule has 1 aromatic carbocycles. The number of fused-ring (bicyclic) bond motifs is 1. The van der Waals surface area contributed by atoms with E-state index in [1.165, 1.54) is 4.88 Å². The van der Waals surface area contributed by atoms with Crippen LogP contribution in [0.4, 0.5) is 11.4 Å². The van der Waals surface area contributed by atoms with Gasteiger partial charge in [-0.05, 0) is 30.5 Å². The van der Waals surface area contributed by atoms with Crippen LogP contribution in [0.1, 0.15) is 11.8 Å². The van der Waals surface area contributed by atoms with Gasteiger partial charge >= 0.3 is 0 Å². The van der Waals surface area contributed by atoms with Gasteiger partial charge in [0.25, 0.3) is 5.69 Å². The number of anilines is 1. The zero-order valence-corrected chi connectivity index (χ0v) is 12.9. The Labute approximate surface area is 132 Å². The molecule has 0 atom stereocenters. The van der Waals surface area contributed by atoms with Gasteiger partial charge in [0.05, 0.1) is 16.9 Å². The third kappa shape index (κ3) is 2.65. The van der Waals surface area contributed by atoms with Crippen LogP contribution in [0.5, 0.6) is 0 Å². The lowest BCUT2D eigenvalue weighted by Gasteiger charge is -2.24. The summed E-state index contributed by atoms with van der Waals surface area (Å²) < 4.78 is 0. The number of aromatic nitrogens is 1. The molecule has 22 heavy (non-hydrogen) atoms. The molecule has 0 saturated carbocycles. The van der Waals surface area contributed by atoms with Gasteiger partial charge in [0.2, 0.25) is 0 Å². The largest absolute Gasteiger partial charge is 0.366 e. The zero-order valence-electron chi connectivity index (χ0n) is 12.1. The summed E-state index contributed by atoms with van der Waals surface area (Å²) in [5, 5.41) is 14.7. The molecule has 2 aromatic heterocycles. The minimum Gasteiger partial charge on any atom is -0.366 e. The maximum Gasteiger partial charge on any atom is 0.278 e. The predicted octanol–water partition coefficient (Wildman–Crippen LogP) is 4.23. The second kappa shape index (κ2) is 6.11. The summed E-state index contributed by atoms with van der Waals surface area (Å²) in [6.45, 7) is 3.71. The summed E-state index contributed by atoms with van der Waals surface area (Å²) in [5.41, 5.74) is 1.10. The molecule has 0 unspecified atom stereocenters. The Morgan fingerprint density at radius 3 is 2.82 bits per heavy atom. The van der Waals surface area contributed by atoms with Crippen LogP contribution in [-0.2, 0) is 6.54 Å². The lowest BCUT2D eigenvalue weighted by atomic mass is 10.1. The van der Waals surface area contributed by atoms with E-state index in [0.29, 0.717) is 5.39 Å². The van der Waals surface area contributed by atoms with Crippen molar-refractivity contribution in [3.8, 4) is 0 Å². The third-order valence-electron chi connectivity index (χ3n) is 3.62. The number of nitro groups is 1. The molecule has 0 radical (unpaired) electrons. The Bertz CT molecular complexity index is 802. The van der Waals surface area contributed by atoms with E-state index in [0.717, 1.165) is 24.2 Å². The van der Waals surface area contributed by atoms with Crippen molar-refractivity contribution in [2.24, 2.45) is 0 Å². The fraction of sp³-hybridized carbons (Fsp3) is 0.188. The number of nitrogens with zero attached hydrogens (tertiary/aromatic N) is 3. The second-order valence-electron chi connectivity index (χ2n) is 4.88. The lowest BCUT2D eigenvalue weighted by molar-refractivity contribution is -0.383. The second-order valence-corrected chi connectivity index (χ2v) is 5.91. The fourth-order valence-electron chi connectivity index (χ4n) is 2.55. The van der Waals surface area contributed by atoms with E-state index in [1.54, 1.807) is 29.8 Å². The first kappa shape index (κ1) is 14.5. The van der Waals surface area contributed by atoms with Crippen LogP contribution in [0.15, 0.2) is 48.1 Å². The van der Waals surface area contributed by atoms with Gasteiger partial charge < -0.3 is 4.90 Å². The molecule has 0 amide bonds. The van der Waals surface area contributed by atoms with Crippen LogP contribution in [0.25, 0.3) is 10.8 Å². The number of benzene rings is 1. The highest BCUT2D eigenvalue weighted by atomic mass is 32.1. The highest BCUT2D eigenvalue weighted by molar-refractivity contribution is 7.09. The van der Waals surface area contributed by atoms with Crippen LogP contribution in [0, 0.1) is 10.1 Å². The number of hydrogen-bond acceptors (Lipinski definition) is 5. The number of thiophene rings is 1. The van der Waals surface area contributed by atoms with Crippen LogP contribution < -0.4 is 4.90 Å². The first-order chi connectivity index (χ1) is 10.7. The van der Waals surface area contributed by atoms with Gasteiger partial charge in [-0.15, -0.1) is 11.3 Å². The van der Waals surface area contributed by atoms with Crippen molar-refractivity contribution in [1.29, 1.82) is 0 Å². The van der Waals surface area contributed by atoms with Crippen molar-refractivity contribution in [2.75, 3.05) is 11.4 Å². The average molecular weight is 313 g/mol. The van der Waals surface area contributed by atoms with Crippen molar-refractivity contribution in [3.05, 3.63) is 63.1 Å². The number of rotatable bonds is 5. The third-order valence-corrected chi connectivity index (χ3v) is 4.48. The summed E-state index contributed by atoms with van der Waals surface area (Å²) in [6.07, 6.45) is 3.24. The van der Waals surface area contributed by atoms with Gasteiger partial charge in [0.15, 0.2) is 0 Å². The van der Waals surface area contributed by atoms with Gasteiger partial charge in [-0.1, -0.05) is 6.07 Å². The Morgan fingerprint density at radius 1 is 1.27 bits per heavy atom. The molecule has 112 valence electrons. The Morgan fingerprint density at radius 2 is 2.14 bits per heavy atom. The van der Waals surface area contributed by atoms with Gasteiger partial charge in [0, 0.05) is 41.0 Å². The van der Waals surface area contributed by atoms with Gasteiger partial charge in [0.1, 0.15) is 0 Å². The molecule has 2 heterocycles. The summed E-state index contributed by atoms with van der Waals surface area (Å²) >= 11 is 1.71. The molecule has 0 aliphatic heterocycles. The Kier molecular flexibility index (Phi) is 4.02. The van der Waals surface area contributed by atoms with E-state index in [4.69, 9.17) is 0 Å². The first-order valence-electron chi connectivity index (χ1n) is 6.99. The molecule has 0 spiro atoms. The molecule has 0 bridgehead atoms. The van der Waals surface area contributed by atoms with Crippen molar-refractivity contribution >= 4 is 33.5 Å². The number of non-ortho nitro benzene ring substituents is 1. The topological polar surface area (TPSA) is 59.3 Å². The van der Waals surface area contributed by atoms with Crippen molar-refractivity contribution in [2.45, 2.75) is 13.5 Å². The lowest BCUT2D eigenvalue weighted by Crippen LogP contribution is -2.21. The van der Waals surface area contributed by atoms with E-state index in [2.05, 4.69) is 28.3 Å². The quantitative estimate of drug-likeness (QED) is 0.522. The highest BCUT2D eigenvalue weighted by Crippen LogP contribution is 2.33. The minimum absolute atomic E-state index is 0.0963. The fourth-order valence-corrected chi connectivity index (χ4v) is 3.27. The molecular formula is C16H15N3O2S. The van der Waals surface area contributed by atoms with Crippen molar-refractivity contribution < 1.29 is 4.92 Å². The van der Waals surface area contributed by atoms with E-state index in [1.807, 2.05) is 18.2 Å². The number of hydrogen-bond donors (Lipinski definition) is 0. The first-order valence-corrected chi connectivity index (χ1v) is 7.87. The van der Waals surface area contributed by atoms with Gasteiger partial charge in [-0.25, -0.2) is 0 Å². The molecule has 0 N–H and O–H groups in total. The highest BCUT2D eigenvalue weighted by Gasteiger charge is 2.17. The smallest absolute Gasteiger partial charge is 0.278 e. The molecule has 0 fully saturated rings. The SMILES string of the molecule is CCN(Cc1cccs1)c1ccc([N+](=O)[O-])c2cnccc12. The predicted molar refractivity (Wildman–Crippen MR) is 89.4 cm³/mol. The van der Waals surface area contributed by atoms with Crippen LogP contribution in [0.2, 0.25) is 0 Å². The standard InChI is InChI=1S/C16H15N3O2S/c1-2-18(11-12-4-3-9-22-12)15-5-6-16(19(20)21)14-10-17-8-7-13(14)15/h3-10H,2,11H2,1H3.